The second-order valence-corrected chi connectivity index (χ2v) is 4.46. The fourth-order valence-electron chi connectivity index (χ4n) is 1.77. The largest absolute Gasteiger partial charge is 0.482 e. The molecule has 2 amide bonds. The lowest BCUT2D eigenvalue weighted by Crippen LogP contribution is -2.50. The molecular weight excluding hydrogens is 274 g/mol. The molecule has 0 aromatic carbocycles. The highest BCUT2D eigenvalue weighted by molar-refractivity contribution is 5.97. The molecule has 1 aliphatic rings. The highest BCUT2D eigenvalue weighted by Crippen LogP contribution is 2.01. The first-order valence-electron chi connectivity index (χ1n) is 6.86. The molecule has 1 rings (SSSR count). The first-order chi connectivity index (χ1) is 10.2. The molecule has 0 saturated carbocycles. The molecule has 0 spiro atoms. The number of guanidine groups is 1. The Morgan fingerprint density at radius 1 is 1.67 bits per heavy atom. The Hall–Kier alpha value is -2.34. The van der Waals surface area contributed by atoms with Crippen molar-refractivity contribution in [2.45, 2.75) is 32.2 Å². The molecule has 8 heteroatoms. The van der Waals surface area contributed by atoms with Crippen LogP contribution in [0.5, 0.6) is 0 Å². The van der Waals surface area contributed by atoms with Gasteiger partial charge in [0.05, 0.1) is 26.2 Å². The van der Waals surface area contributed by atoms with Gasteiger partial charge in [0.1, 0.15) is 0 Å². The second kappa shape index (κ2) is 9.55. The second-order valence-electron chi connectivity index (χ2n) is 4.46. The zero-order valence-electron chi connectivity index (χ0n) is 12.3. The van der Waals surface area contributed by atoms with Crippen molar-refractivity contribution in [3.05, 3.63) is 12.0 Å². The summed E-state index contributed by atoms with van der Waals surface area (Å²) in [4.78, 5) is 29.7. The van der Waals surface area contributed by atoms with Gasteiger partial charge in [-0.05, 0) is 12.5 Å². The van der Waals surface area contributed by atoms with Crippen molar-refractivity contribution in [1.29, 1.82) is 0 Å². The summed E-state index contributed by atoms with van der Waals surface area (Å²) in [5, 5.41) is 8.18. The Morgan fingerprint density at radius 2 is 2.48 bits per heavy atom. The number of rotatable bonds is 7. The van der Waals surface area contributed by atoms with E-state index in [9.17, 15) is 9.59 Å². The number of nitrogens with zero attached hydrogens (tertiary/aromatic N) is 2. The summed E-state index contributed by atoms with van der Waals surface area (Å²) >= 11 is 0. The molecule has 0 aliphatic carbocycles. The average molecular weight is 295 g/mol. The summed E-state index contributed by atoms with van der Waals surface area (Å²) in [5.74, 6) is 0.855. The molecule has 8 nitrogen and oxygen atoms in total. The Balaban J connectivity index is 2.45. The highest BCUT2D eigenvalue weighted by Gasteiger charge is 2.14. The number of urea groups is 1. The van der Waals surface area contributed by atoms with Crippen LogP contribution < -0.4 is 16.0 Å². The standard InChI is InChI=1S/C13H21N5O3/c1-3-4-5-10(8-14-9-19)16-13(20)18-12-15-7-6-11(17-12)21-2/h6,10H,3-5,7-8H2,1-2H3,(H3,15,16,17,18,20). The molecule has 0 aromatic heterocycles. The van der Waals surface area contributed by atoms with Crippen molar-refractivity contribution in [2.75, 3.05) is 20.2 Å². The van der Waals surface area contributed by atoms with Gasteiger partial charge in [0, 0.05) is 0 Å². The average Bonchev–Trinajstić information content (AvgIpc) is 2.50. The molecule has 0 radical (unpaired) electrons. The zero-order valence-corrected chi connectivity index (χ0v) is 12.3. The molecule has 3 N–H and O–H groups in total. The third-order valence-electron chi connectivity index (χ3n) is 2.84. The van der Waals surface area contributed by atoms with Gasteiger partial charge in [0.2, 0.25) is 12.0 Å². The summed E-state index contributed by atoms with van der Waals surface area (Å²) in [6.07, 6.45) is 5.93. The predicted octanol–water partition coefficient (Wildman–Crippen LogP) is 0.627. The molecule has 1 unspecified atom stereocenters. The third kappa shape index (κ3) is 6.58. The summed E-state index contributed by atoms with van der Waals surface area (Å²) in [6, 6.07) is -0.603. The number of hydrogen-bond donors (Lipinski definition) is 3. The van der Waals surface area contributed by atoms with E-state index >= 15 is 0 Å². The minimum absolute atomic E-state index is 0.201. The van der Waals surface area contributed by atoms with Crippen LogP contribution in [-0.2, 0) is 9.53 Å². The minimum Gasteiger partial charge on any atom is -0.482 e. The van der Waals surface area contributed by atoms with E-state index in [0.717, 1.165) is 19.3 Å². The minimum atomic E-state index is -0.402. The van der Waals surface area contributed by atoms with E-state index in [4.69, 9.17) is 4.74 Å². The first kappa shape index (κ1) is 16.7. The van der Waals surface area contributed by atoms with E-state index in [-0.39, 0.29) is 12.6 Å². The summed E-state index contributed by atoms with van der Waals surface area (Å²) in [5.41, 5.74) is 0. The Kier molecular flexibility index (Phi) is 7.60. The zero-order chi connectivity index (χ0) is 15.5. The van der Waals surface area contributed by atoms with Crippen molar-refractivity contribution >= 4 is 18.1 Å². The fraction of sp³-hybridized carbons (Fsp3) is 0.615. The van der Waals surface area contributed by atoms with Gasteiger partial charge in [-0.15, -0.1) is 0 Å². The lowest BCUT2D eigenvalue weighted by molar-refractivity contribution is 0.239. The number of unbranched alkanes of at least 4 members (excludes halogenated alkanes) is 1. The molecule has 1 heterocycles. The molecule has 21 heavy (non-hydrogen) atoms. The van der Waals surface area contributed by atoms with Crippen molar-refractivity contribution < 1.29 is 14.3 Å². The van der Waals surface area contributed by atoms with Gasteiger partial charge in [0.15, 0.2) is 5.88 Å². The van der Waals surface area contributed by atoms with Crippen LogP contribution in [-0.4, -0.2) is 44.3 Å². The van der Waals surface area contributed by atoms with Gasteiger partial charge in [-0.3, -0.25) is 10.6 Å². The number of methoxy groups -OCH3 is 1. The summed E-state index contributed by atoms with van der Waals surface area (Å²) in [7, 11) is 1.53. The van der Waals surface area contributed by atoms with Gasteiger partial charge in [-0.2, -0.15) is 0 Å². The van der Waals surface area contributed by atoms with Crippen LogP contribution in [0, 0.1) is 0 Å². The molecule has 0 fully saturated rings. The quantitative estimate of drug-likeness (QED) is 0.473. The monoisotopic (exact) mass is 295 g/mol. The van der Waals surface area contributed by atoms with Gasteiger partial charge in [-0.25, -0.2) is 19.6 Å². The molecule has 0 aromatic rings. The topological polar surface area (TPSA) is 104 Å². The van der Waals surface area contributed by atoms with Gasteiger partial charge in [0.25, 0.3) is 0 Å². The Labute approximate surface area is 123 Å². The van der Waals surface area contributed by atoms with E-state index in [0.29, 0.717) is 18.4 Å². The number of amides is 2. The van der Waals surface area contributed by atoms with Crippen molar-refractivity contribution in [2.24, 2.45) is 9.98 Å². The first-order valence-corrected chi connectivity index (χ1v) is 6.86. The highest BCUT2D eigenvalue weighted by atomic mass is 16.5. The van der Waals surface area contributed by atoms with E-state index in [1.54, 1.807) is 6.08 Å². The van der Waals surface area contributed by atoms with Crippen LogP contribution in [0.3, 0.4) is 0 Å². The van der Waals surface area contributed by atoms with Crippen molar-refractivity contribution in [3.63, 3.8) is 0 Å². The Bertz CT molecular complexity index is 455. The summed E-state index contributed by atoms with van der Waals surface area (Å²) < 4.78 is 5.03. The lowest BCUT2D eigenvalue weighted by Gasteiger charge is -2.19. The number of isocyanates is 1. The van der Waals surface area contributed by atoms with E-state index in [1.807, 2.05) is 0 Å². The van der Waals surface area contributed by atoms with Gasteiger partial charge < -0.3 is 10.1 Å². The maximum atomic E-state index is 11.9. The molecular formula is C13H21N5O3. The van der Waals surface area contributed by atoms with Crippen molar-refractivity contribution in [3.8, 4) is 0 Å². The number of hydrogen-bond acceptors (Lipinski definition) is 6. The number of carbonyl (C=O) groups is 1. The lowest BCUT2D eigenvalue weighted by atomic mass is 10.1. The number of aliphatic imine (C=N–C) groups is 2. The third-order valence-corrected chi connectivity index (χ3v) is 2.84. The van der Waals surface area contributed by atoms with Crippen molar-refractivity contribution in [1.82, 2.24) is 16.0 Å². The van der Waals surface area contributed by atoms with Gasteiger partial charge >= 0.3 is 6.03 Å². The van der Waals surface area contributed by atoms with Crippen LogP contribution >= 0.6 is 0 Å². The van der Waals surface area contributed by atoms with E-state index in [2.05, 4.69) is 32.9 Å². The summed E-state index contributed by atoms with van der Waals surface area (Å²) in [6.45, 7) is 2.71. The normalized spacial score (nSPS) is 14.8. The predicted molar refractivity (Wildman–Crippen MR) is 78.5 cm³/mol. The molecule has 0 saturated heterocycles. The molecule has 0 bridgehead atoms. The molecule has 1 atom stereocenters. The van der Waals surface area contributed by atoms with Crippen LogP contribution in [0.15, 0.2) is 21.9 Å². The van der Waals surface area contributed by atoms with E-state index < -0.39 is 6.03 Å². The number of ether oxygens (including phenoxy) is 1. The van der Waals surface area contributed by atoms with E-state index in [1.165, 1.54) is 13.2 Å². The molecule has 116 valence electrons. The number of carbonyl (C=O) groups excluding carboxylic acids is 2. The van der Waals surface area contributed by atoms with Gasteiger partial charge in [-0.1, -0.05) is 19.8 Å². The number of nitrogens with one attached hydrogen (secondary N) is 3. The Morgan fingerprint density at radius 3 is 3.14 bits per heavy atom. The van der Waals surface area contributed by atoms with Crippen LogP contribution in [0.1, 0.15) is 26.2 Å². The van der Waals surface area contributed by atoms with Crippen LogP contribution in [0.4, 0.5) is 4.79 Å². The maximum Gasteiger partial charge on any atom is 0.321 e. The SMILES string of the molecule is CCCCC(CN=C=O)NC(=O)NC1=NCC=C(OC)N1. The smallest absolute Gasteiger partial charge is 0.321 e. The van der Waals surface area contributed by atoms with Crippen LogP contribution in [0.2, 0.25) is 0 Å². The molecule has 1 aliphatic heterocycles. The fourth-order valence-corrected chi connectivity index (χ4v) is 1.77. The maximum absolute atomic E-state index is 11.9. The van der Waals surface area contributed by atoms with Crippen LogP contribution in [0.25, 0.3) is 0 Å².